The number of aromatic nitrogens is 1. The number of nitriles is 1. The Kier molecular flexibility index (Phi) is 4.33. The number of aromatic amines is 1. The largest absolute Gasteiger partial charge is 0.339 e. The summed E-state index contributed by atoms with van der Waals surface area (Å²) < 4.78 is 0. The summed E-state index contributed by atoms with van der Waals surface area (Å²) in [7, 11) is 0. The lowest BCUT2D eigenvalue weighted by Gasteiger charge is -2.24. The fraction of sp³-hybridized carbons (Fsp3) is 0.348. The lowest BCUT2D eigenvalue weighted by Crippen LogP contribution is -2.50. The molecule has 1 amide bonds. The van der Waals surface area contributed by atoms with Crippen LogP contribution >= 0.6 is 0 Å². The Morgan fingerprint density at radius 3 is 2.72 bits per heavy atom. The predicted molar refractivity (Wildman–Crippen MR) is 111 cm³/mol. The number of nitrogens with one attached hydrogen (secondary N) is 3. The smallest absolute Gasteiger partial charge is 0.256 e. The maximum absolute atomic E-state index is 12.7. The summed E-state index contributed by atoms with van der Waals surface area (Å²) in [6.45, 7) is 0. The number of fused-ring (bicyclic) bond motifs is 5. The van der Waals surface area contributed by atoms with Crippen molar-refractivity contribution in [3.63, 3.8) is 0 Å². The molecular weight excluding hydrogens is 364 g/mol. The first-order valence-corrected chi connectivity index (χ1v) is 10.1. The molecular formula is C23H22N4O2. The van der Waals surface area contributed by atoms with Crippen LogP contribution in [0.3, 0.4) is 0 Å². The van der Waals surface area contributed by atoms with Gasteiger partial charge in [0.1, 0.15) is 6.04 Å². The normalized spacial score (nSPS) is 23.9. The number of benzene rings is 2. The first kappa shape index (κ1) is 17.9. The Labute approximate surface area is 167 Å². The summed E-state index contributed by atoms with van der Waals surface area (Å²) in [5.41, 5.74) is 1.55. The van der Waals surface area contributed by atoms with Crippen LogP contribution in [0.25, 0.3) is 21.7 Å². The van der Waals surface area contributed by atoms with E-state index in [1.165, 1.54) is 0 Å². The van der Waals surface area contributed by atoms with Gasteiger partial charge in [-0.2, -0.15) is 5.26 Å². The Bertz CT molecular complexity index is 1210. The van der Waals surface area contributed by atoms with Crippen LogP contribution in [0.4, 0.5) is 0 Å². The molecule has 0 radical (unpaired) electrons. The molecule has 2 heterocycles. The van der Waals surface area contributed by atoms with Gasteiger partial charge in [0.2, 0.25) is 5.91 Å². The Hall–Kier alpha value is -3.17. The van der Waals surface area contributed by atoms with Gasteiger partial charge >= 0.3 is 0 Å². The quantitative estimate of drug-likeness (QED) is 0.600. The first-order valence-electron chi connectivity index (χ1n) is 10.1. The Morgan fingerprint density at radius 2 is 2.00 bits per heavy atom. The Morgan fingerprint density at radius 1 is 1.17 bits per heavy atom. The molecule has 2 bridgehead atoms. The number of hydrogen-bond acceptors (Lipinski definition) is 4. The van der Waals surface area contributed by atoms with E-state index in [0.717, 1.165) is 41.1 Å². The summed E-state index contributed by atoms with van der Waals surface area (Å²) in [6.07, 6.45) is 3.65. The number of pyridine rings is 1. The molecule has 1 saturated heterocycles. The van der Waals surface area contributed by atoms with Gasteiger partial charge < -0.3 is 15.6 Å². The van der Waals surface area contributed by atoms with Gasteiger partial charge in [0.25, 0.3) is 5.56 Å². The van der Waals surface area contributed by atoms with E-state index in [0.29, 0.717) is 23.8 Å². The third-order valence-corrected chi connectivity index (χ3v) is 6.38. The average Bonchev–Trinajstić information content (AvgIpc) is 3.37. The lowest BCUT2D eigenvalue weighted by atomic mass is 9.96. The zero-order chi connectivity index (χ0) is 20.0. The van der Waals surface area contributed by atoms with Gasteiger partial charge in [0.15, 0.2) is 0 Å². The highest BCUT2D eigenvalue weighted by Gasteiger charge is 2.43. The van der Waals surface area contributed by atoms with E-state index in [1.54, 1.807) is 6.07 Å². The zero-order valence-electron chi connectivity index (χ0n) is 15.9. The maximum atomic E-state index is 12.7. The summed E-state index contributed by atoms with van der Waals surface area (Å²) in [5, 5.41) is 18.4. The van der Waals surface area contributed by atoms with E-state index < -0.39 is 6.04 Å². The summed E-state index contributed by atoms with van der Waals surface area (Å²) in [6, 6.07) is 15.0. The third-order valence-electron chi connectivity index (χ3n) is 6.38. The topological polar surface area (TPSA) is 97.8 Å². The number of carbonyl (C=O) groups excluding carboxylic acids is 1. The van der Waals surface area contributed by atoms with Crippen LogP contribution in [-0.4, -0.2) is 29.0 Å². The molecule has 5 rings (SSSR count). The molecule has 2 aliphatic rings. The van der Waals surface area contributed by atoms with Gasteiger partial charge in [-0.15, -0.1) is 0 Å². The van der Waals surface area contributed by atoms with Gasteiger partial charge in [-0.1, -0.05) is 30.3 Å². The van der Waals surface area contributed by atoms with Crippen LogP contribution < -0.4 is 16.2 Å². The minimum atomic E-state index is -0.625. The van der Waals surface area contributed by atoms with Crippen LogP contribution in [0.15, 0.2) is 47.3 Å². The number of rotatable bonds is 4. The molecule has 2 fully saturated rings. The second-order valence-electron chi connectivity index (χ2n) is 8.15. The van der Waals surface area contributed by atoms with Gasteiger partial charge in [-0.25, -0.2) is 0 Å². The molecule has 1 saturated carbocycles. The minimum Gasteiger partial charge on any atom is -0.339 e. The molecule has 29 heavy (non-hydrogen) atoms. The van der Waals surface area contributed by atoms with E-state index in [-0.39, 0.29) is 17.5 Å². The van der Waals surface area contributed by atoms with E-state index in [4.69, 9.17) is 0 Å². The molecule has 2 aromatic carbocycles. The van der Waals surface area contributed by atoms with Crippen molar-refractivity contribution in [1.29, 1.82) is 5.26 Å². The highest BCUT2D eigenvalue weighted by atomic mass is 16.2. The third kappa shape index (κ3) is 3.08. The van der Waals surface area contributed by atoms with Gasteiger partial charge in [-0.05, 0) is 48.3 Å². The fourth-order valence-electron chi connectivity index (χ4n) is 5.04. The van der Waals surface area contributed by atoms with Crippen LogP contribution in [0.2, 0.25) is 0 Å². The SMILES string of the molecule is N#CC(Cc1cccc2[nH]c(=O)c3ccccc3c12)NC(=O)C1NC2CCC1C2. The number of hydrogen-bond donors (Lipinski definition) is 3. The number of carbonyl (C=O) groups is 1. The predicted octanol–water partition coefficient (Wildman–Crippen LogP) is 2.37. The van der Waals surface area contributed by atoms with Crippen molar-refractivity contribution in [2.24, 2.45) is 5.92 Å². The highest BCUT2D eigenvalue weighted by Crippen LogP contribution is 2.35. The van der Waals surface area contributed by atoms with E-state index >= 15 is 0 Å². The van der Waals surface area contributed by atoms with E-state index in [1.807, 2.05) is 36.4 Å². The van der Waals surface area contributed by atoms with Gasteiger partial charge in [0.05, 0.1) is 12.1 Å². The Balaban J connectivity index is 1.46. The van der Waals surface area contributed by atoms with Gasteiger partial charge in [0, 0.05) is 28.8 Å². The monoisotopic (exact) mass is 386 g/mol. The van der Waals surface area contributed by atoms with Crippen molar-refractivity contribution in [2.75, 3.05) is 0 Å². The second-order valence-corrected chi connectivity index (χ2v) is 8.15. The molecule has 3 N–H and O–H groups in total. The number of H-pyrrole nitrogens is 1. The number of amides is 1. The van der Waals surface area contributed by atoms with Crippen LogP contribution in [0.1, 0.15) is 24.8 Å². The molecule has 6 nitrogen and oxygen atoms in total. The summed E-state index contributed by atoms with van der Waals surface area (Å²) in [5.74, 6) is 0.299. The number of piperidine rings is 1. The standard InChI is InChI=1S/C23H22N4O2/c24-12-16(26-23(29)21-14-8-9-15(11-14)25-21)10-13-4-3-7-19-20(13)17-5-1-2-6-18(17)22(28)27-19/h1-7,14-16,21,25H,8-11H2,(H,26,29)(H,27,28). The van der Waals surface area contributed by atoms with Crippen molar-refractivity contribution in [2.45, 2.75) is 43.8 Å². The fourth-order valence-corrected chi connectivity index (χ4v) is 5.04. The molecule has 0 spiro atoms. The highest BCUT2D eigenvalue weighted by molar-refractivity contribution is 6.07. The lowest BCUT2D eigenvalue weighted by molar-refractivity contribution is -0.124. The molecule has 6 heteroatoms. The zero-order valence-corrected chi connectivity index (χ0v) is 15.9. The summed E-state index contributed by atoms with van der Waals surface area (Å²) in [4.78, 5) is 28.0. The van der Waals surface area contributed by atoms with Crippen LogP contribution in [-0.2, 0) is 11.2 Å². The van der Waals surface area contributed by atoms with E-state index in [2.05, 4.69) is 21.7 Å². The van der Waals surface area contributed by atoms with Crippen molar-refractivity contribution in [1.82, 2.24) is 15.6 Å². The van der Waals surface area contributed by atoms with Crippen LogP contribution in [0.5, 0.6) is 0 Å². The molecule has 146 valence electrons. The van der Waals surface area contributed by atoms with Crippen molar-refractivity contribution >= 4 is 27.6 Å². The molecule has 4 atom stereocenters. The van der Waals surface area contributed by atoms with Crippen molar-refractivity contribution in [3.05, 3.63) is 58.4 Å². The maximum Gasteiger partial charge on any atom is 0.256 e. The second kappa shape index (κ2) is 7.02. The molecule has 4 unspecified atom stereocenters. The molecule has 1 aliphatic heterocycles. The van der Waals surface area contributed by atoms with E-state index in [9.17, 15) is 14.9 Å². The minimum absolute atomic E-state index is 0.0812. The summed E-state index contributed by atoms with van der Waals surface area (Å²) >= 11 is 0. The molecule has 3 aromatic rings. The molecule has 1 aliphatic carbocycles. The van der Waals surface area contributed by atoms with Crippen LogP contribution in [0, 0.1) is 17.2 Å². The van der Waals surface area contributed by atoms with Crippen molar-refractivity contribution < 1.29 is 4.79 Å². The number of nitrogens with zero attached hydrogens (tertiary/aromatic N) is 1. The first-order chi connectivity index (χ1) is 14.1. The average molecular weight is 386 g/mol. The van der Waals surface area contributed by atoms with Gasteiger partial charge in [-0.3, -0.25) is 9.59 Å². The van der Waals surface area contributed by atoms with Crippen molar-refractivity contribution in [3.8, 4) is 6.07 Å². The molecule has 1 aromatic heterocycles.